The topological polar surface area (TPSA) is 72.2 Å². The standard InChI is InChI=1S/C17H21NOS.C2H5NO/c1-3-11-20-16-8-7-14-5-4-6-15(17(14)12-16)9-10-18-13(2)19;1-2(3)4/h4-8,12H,3,9-11H2,1-2H3,(H,18,19);1H3,(H2,3,4). The molecule has 0 saturated carbocycles. The minimum atomic E-state index is -0.333. The molecule has 2 amide bonds. The molecule has 3 N–H and O–H groups in total. The number of nitrogens with one attached hydrogen (secondary N) is 1. The van der Waals surface area contributed by atoms with Crippen LogP contribution < -0.4 is 11.1 Å². The minimum Gasteiger partial charge on any atom is -0.370 e. The van der Waals surface area contributed by atoms with Gasteiger partial charge in [-0.1, -0.05) is 31.2 Å². The molecule has 2 aromatic rings. The first-order valence-electron chi connectivity index (χ1n) is 8.09. The molecule has 0 saturated heterocycles. The van der Waals surface area contributed by atoms with E-state index >= 15 is 0 Å². The third-order valence-electron chi connectivity index (χ3n) is 3.19. The molecule has 0 aliphatic rings. The van der Waals surface area contributed by atoms with Gasteiger partial charge in [0.1, 0.15) is 0 Å². The number of rotatable bonds is 6. The number of fused-ring (bicyclic) bond motifs is 1. The quantitative estimate of drug-likeness (QED) is 0.786. The van der Waals surface area contributed by atoms with E-state index in [0.29, 0.717) is 6.54 Å². The Hall–Kier alpha value is -2.01. The van der Waals surface area contributed by atoms with Crippen molar-refractivity contribution < 1.29 is 9.59 Å². The van der Waals surface area contributed by atoms with Gasteiger partial charge >= 0.3 is 0 Å². The summed E-state index contributed by atoms with van der Waals surface area (Å²) in [6.45, 7) is 5.76. The van der Waals surface area contributed by atoms with E-state index in [4.69, 9.17) is 0 Å². The molecular formula is C19H26N2O2S. The molecule has 4 nitrogen and oxygen atoms in total. The maximum absolute atomic E-state index is 11.0. The summed E-state index contributed by atoms with van der Waals surface area (Å²) in [4.78, 5) is 21.5. The number of carbonyl (C=O) groups excluding carboxylic acids is 2. The van der Waals surface area contributed by atoms with Crippen LogP contribution in [0.3, 0.4) is 0 Å². The largest absolute Gasteiger partial charge is 0.370 e. The average molecular weight is 346 g/mol. The van der Waals surface area contributed by atoms with Crippen LogP contribution in [0.5, 0.6) is 0 Å². The number of primary amides is 1. The second kappa shape index (κ2) is 10.7. The van der Waals surface area contributed by atoms with Gasteiger partial charge in [-0.15, -0.1) is 11.8 Å². The van der Waals surface area contributed by atoms with Crippen molar-refractivity contribution in [3.05, 3.63) is 42.0 Å². The summed E-state index contributed by atoms with van der Waals surface area (Å²) in [7, 11) is 0. The Morgan fingerprint density at radius 2 is 1.88 bits per heavy atom. The van der Waals surface area contributed by atoms with E-state index in [1.165, 1.54) is 34.6 Å². The Bertz CT molecular complexity index is 682. The highest BCUT2D eigenvalue weighted by atomic mass is 32.2. The summed E-state index contributed by atoms with van der Waals surface area (Å²) in [5, 5.41) is 5.44. The van der Waals surface area contributed by atoms with Crippen LogP contribution in [0.15, 0.2) is 41.3 Å². The summed E-state index contributed by atoms with van der Waals surface area (Å²) in [6, 6.07) is 13.0. The Kier molecular flexibility index (Phi) is 8.94. The molecule has 0 radical (unpaired) electrons. The third kappa shape index (κ3) is 7.51. The lowest BCUT2D eigenvalue weighted by Crippen LogP contribution is -2.22. The molecule has 0 atom stereocenters. The number of carbonyl (C=O) groups is 2. The molecule has 0 heterocycles. The molecule has 0 fully saturated rings. The molecule has 2 aromatic carbocycles. The van der Waals surface area contributed by atoms with E-state index in [1.54, 1.807) is 6.92 Å². The van der Waals surface area contributed by atoms with Crippen LogP contribution in [0.2, 0.25) is 0 Å². The molecule has 0 aliphatic carbocycles. The molecule has 0 spiro atoms. The number of thioether (sulfide) groups is 1. The SMILES string of the molecule is CC(N)=O.CCCSc1ccc2cccc(CCNC(C)=O)c2c1. The smallest absolute Gasteiger partial charge is 0.216 e. The summed E-state index contributed by atoms with van der Waals surface area (Å²) in [5.41, 5.74) is 5.77. The van der Waals surface area contributed by atoms with Crippen molar-refractivity contribution in [3.63, 3.8) is 0 Å². The highest BCUT2D eigenvalue weighted by Gasteiger charge is 2.03. The van der Waals surface area contributed by atoms with Crippen molar-refractivity contribution in [2.24, 2.45) is 5.73 Å². The maximum Gasteiger partial charge on any atom is 0.216 e. The number of benzene rings is 2. The van der Waals surface area contributed by atoms with Crippen molar-refractivity contribution in [1.82, 2.24) is 5.32 Å². The number of hydrogen-bond acceptors (Lipinski definition) is 3. The average Bonchev–Trinajstić information content (AvgIpc) is 2.52. The van der Waals surface area contributed by atoms with Crippen molar-refractivity contribution in [2.75, 3.05) is 12.3 Å². The molecule has 0 aliphatic heterocycles. The van der Waals surface area contributed by atoms with Gasteiger partial charge in [0, 0.05) is 25.3 Å². The Morgan fingerprint density at radius 3 is 2.50 bits per heavy atom. The first-order chi connectivity index (χ1) is 11.4. The fourth-order valence-corrected chi connectivity index (χ4v) is 3.02. The van der Waals surface area contributed by atoms with E-state index in [9.17, 15) is 9.59 Å². The van der Waals surface area contributed by atoms with E-state index in [2.05, 4.69) is 54.4 Å². The summed E-state index contributed by atoms with van der Waals surface area (Å²) >= 11 is 1.90. The van der Waals surface area contributed by atoms with Crippen LogP contribution >= 0.6 is 11.8 Å². The van der Waals surface area contributed by atoms with Crippen molar-refractivity contribution in [2.45, 2.75) is 38.5 Å². The summed E-state index contributed by atoms with van der Waals surface area (Å²) in [6.07, 6.45) is 2.06. The predicted molar refractivity (Wildman–Crippen MR) is 102 cm³/mol. The van der Waals surface area contributed by atoms with E-state index in [-0.39, 0.29) is 11.8 Å². The summed E-state index contributed by atoms with van der Waals surface area (Å²) in [5.74, 6) is 0.851. The predicted octanol–water partition coefficient (Wildman–Crippen LogP) is 3.51. The van der Waals surface area contributed by atoms with Gasteiger partial charge in [0.15, 0.2) is 0 Å². The monoisotopic (exact) mass is 346 g/mol. The molecule has 0 bridgehead atoms. The minimum absolute atomic E-state index is 0.0319. The third-order valence-corrected chi connectivity index (χ3v) is 4.38. The molecular weight excluding hydrogens is 320 g/mol. The molecule has 0 unspecified atom stereocenters. The molecule has 130 valence electrons. The van der Waals surface area contributed by atoms with Crippen LogP contribution in [-0.2, 0) is 16.0 Å². The lowest BCUT2D eigenvalue weighted by Gasteiger charge is -2.09. The van der Waals surface area contributed by atoms with Gasteiger partial charge in [-0.3, -0.25) is 9.59 Å². The molecule has 0 aromatic heterocycles. The lowest BCUT2D eigenvalue weighted by atomic mass is 10.0. The van der Waals surface area contributed by atoms with Crippen LogP contribution in [0.1, 0.15) is 32.8 Å². The van der Waals surface area contributed by atoms with Gasteiger partial charge in [-0.05, 0) is 47.1 Å². The van der Waals surface area contributed by atoms with Crippen LogP contribution in [0.25, 0.3) is 10.8 Å². The second-order valence-corrected chi connectivity index (χ2v) is 6.66. The first-order valence-corrected chi connectivity index (χ1v) is 9.07. The Labute approximate surface area is 148 Å². The first kappa shape index (κ1) is 20.0. The number of amides is 2. The fraction of sp³-hybridized carbons (Fsp3) is 0.368. The zero-order valence-electron chi connectivity index (χ0n) is 14.6. The number of hydrogen-bond donors (Lipinski definition) is 2. The molecule has 5 heteroatoms. The zero-order chi connectivity index (χ0) is 17.9. The number of nitrogens with two attached hydrogens (primary N) is 1. The molecule has 24 heavy (non-hydrogen) atoms. The van der Waals surface area contributed by atoms with Crippen molar-refractivity contribution in [1.29, 1.82) is 0 Å². The fourth-order valence-electron chi connectivity index (χ4n) is 2.22. The van der Waals surface area contributed by atoms with Crippen LogP contribution in [-0.4, -0.2) is 24.1 Å². The second-order valence-electron chi connectivity index (χ2n) is 5.49. The zero-order valence-corrected chi connectivity index (χ0v) is 15.4. The van der Waals surface area contributed by atoms with Gasteiger partial charge in [-0.25, -0.2) is 0 Å². The summed E-state index contributed by atoms with van der Waals surface area (Å²) < 4.78 is 0. The Balaban J connectivity index is 0.000000648. The lowest BCUT2D eigenvalue weighted by molar-refractivity contribution is -0.119. The van der Waals surface area contributed by atoms with Gasteiger partial charge in [0.2, 0.25) is 11.8 Å². The van der Waals surface area contributed by atoms with Gasteiger partial charge in [0.05, 0.1) is 0 Å². The van der Waals surface area contributed by atoms with Crippen LogP contribution in [0, 0.1) is 0 Å². The van der Waals surface area contributed by atoms with Gasteiger partial charge < -0.3 is 11.1 Å². The van der Waals surface area contributed by atoms with Crippen molar-refractivity contribution in [3.8, 4) is 0 Å². The van der Waals surface area contributed by atoms with Gasteiger partial charge in [-0.2, -0.15) is 0 Å². The highest BCUT2D eigenvalue weighted by Crippen LogP contribution is 2.26. The molecule has 2 rings (SSSR count). The Morgan fingerprint density at radius 1 is 1.17 bits per heavy atom. The van der Waals surface area contributed by atoms with E-state index in [1.807, 2.05) is 11.8 Å². The van der Waals surface area contributed by atoms with E-state index < -0.39 is 0 Å². The van der Waals surface area contributed by atoms with E-state index in [0.717, 1.165) is 12.2 Å². The van der Waals surface area contributed by atoms with Gasteiger partial charge in [0.25, 0.3) is 0 Å². The highest BCUT2D eigenvalue weighted by molar-refractivity contribution is 7.99. The van der Waals surface area contributed by atoms with Crippen LogP contribution in [0.4, 0.5) is 0 Å². The van der Waals surface area contributed by atoms with Crippen molar-refractivity contribution >= 4 is 34.3 Å². The maximum atomic E-state index is 11.0. The normalized spacial score (nSPS) is 9.96.